The third-order valence-corrected chi connectivity index (χ3v) is 2.42. The number of nitro benzene ring substituents is 2. The highest BCUT2D eigenvalue weighted by Crippen LogP contribution is 2.23. The molecule has 1 aromatic carbocycles. The van der Waals surface area contributed by atoms with Gasteiger partial charge in [-0.05, 0) is 13.8 Å². The largest absolute Gasteiger partial charge is 0.451 e. The standard InChI is InChI=1S/C11H10N2O7/c1-6(14)7(2)20-11(15)8-3-9(12(16)17)5-10(4-8)13(18)19/h3-5,7H,1-2H3. The van der Waals surface area contributed by atoms with Crippen molar-refractivity contribution in [3.8, 4) is 0 Å². The predicted molar refractivity (Wildman–Crippen MR) is 65.3 cm³/mol. The summed E-state index contributed by atoms with van der Waals surface area (Å²) in [5, 5.41) is 21.3. The van der Waals surface area contributed by atoms with Crippen LogP contribution in [0.5, 0.6) is 0 Å². The average molecular weight is 282 g/mol. The maximum Gasteiger partial charge on any atom is 0.339 e. The Kier molecular flexibility index (Phi) is 4.46. The molecular weight excluding hydrogens is 272 g/mol. The summed E-state index contributed by atoms with van der Waals surface area (Å²) in [5.41, 5.74) is -1.58. The van der Waals surface area contributed by atoms with Crippen LogP contribution in [0.25, 0.3) is 0 Å². The van der Waals surface area contributed by atoms with Crippen LogP contribution in [0.4, 0.5) is 11.4 Å². The van der Waals surface area contributed by atoms with Crippen molar-refractivity contribution in [3.63, 3.8) is 0 Å². The third kappa shape index (κ3) is 3.57. The highest BCUT2D eigenvalue weighted by atomic mass is 16.6. The van der Waals surface area contributed by atoms with Crippen LogP contribution in [0.3, 0.4) is 0 Å². The molecule has 1 rings (SSSR count). The van der Waals surface area contributed by atoms with Crippen molar-refractivity contribution in [2.45, 2.75) is 20.0 Å². The molecule has 0 amide bonds. The maximum absolute atomic E-state index is 11.7. The van der Waals surface area contributed by atoms with Gasteiger partial charge >= 0.3 is 5.97 Å². The van der Waals surface area contributed by atoms with Crippen molar-refractivity contribution >= 4 is 23.1 Å². The molecule has 20 heavy (non-hydrogen) atoms. The number of benzene rings is 1. The summed E-state index contributed by atoms with van der Waals surface area (Å²) in [6, 6.07) is 2.43. The number of non-ortho nitro benzene ring substituents is 2. The fourth-order valence-corrected chi connectivity index (χ4v) is 1.24. The molecule has 1 atom stereocenters. The van der Waals surface area contributed by atoms with Crippen LogP contribution in [0.2, 0.25) is 0 Å². The number of ether oxygens (including phenoxy) is 1. The molecule has 0 fully saturated rings. The second-order valence-corrected chi connectivity index (χ2v) is 3.91. The van der Waals surface area contributed by atoms with Gasteiger partial charge in [0.1, 0.15) is 0 Å². The van der Waals surface area contributed by atoms with E-state index in [-0.39, 0.29) is 5.56 Å². The minimum absolute atomic E-state index is 0.362. The average Bonchev–Trinajstić information content (AvgIpc) is 2.37. The first-order chi connectivity index (χ1) is 9.22. The minimum atomic E-state index is -1.04. The third-order valence-electron chi connectivity index (χ3n) is 2.42. The van der Waals surface area contributed by atoms with E-state index in [4.69, 9.17) is 4.74 Å². The lowest BCUT2D eigenvalue weighted by atomic mass is 10.1. The maximum atomic E-state index is 11.7. The number of carbonyl (C=O) groups is 2. The van der Waals surface area contributed by atoms with Gasteiger partial charge in [0.2, 0.25) is 0 Å². The zero-order valence-corrected chi connectivity index (χ0v) is 10.6. The number of nitro groups is 2. The molecule has 1 unspecified atom stereocenters. The van der Waals surface area contributed by atoms with E-state index in [1.165, 1.54) is 13.8 Å². The fourth-order valence-electron chi connectivity index (χ4n) is 1.24. The SMILES string of the molecule is CC(=O)C(C)OC(=O)c1cc([N+](=O)[O-])cc([N+](=O)[O-])c1. The van der Waals surface area contributed by atoms with Crippen LogP contribution in [0, 0.1) is 20.2 Å². The summed E-state index contributed by atoms with van der Waals surface area (Å²) < 4.78 is 4.73. The summed E-state index contributed by atoms with van der Waals surface area (Å²) in [6.07, 6.45) is -1.04. The van der Waals surface area contributed by atoms with Crippen molar-refractivity contribution < 1.29 is 24.2 Å². The number of ketones is 1. The molecule has 0 aliphatic heterocycles. The summed E-state index contributed by atoms with van der Waals surface area (Å²) in [5.74, 6) is -1.46. The van der Waals surface area contributed by atoms with Crippen molar-refractivity contribution in [2.24, 2.45) is 0 Å². The Hall–Kier alpha value is -2.84. The van der Waals surface area contributed by atoms with Crippen molar-refractivity contribution in [1.82, 2.24) is 0 Å². The number of rotatable bonds is 5. The fraction of sp³-hybridized carbons (Fsp3) is 0.273. The molecule has 0 spiro atoms. The summed E-state index contributed by atoms with van der Waals surface area (Å²) in [7, 11) is 0. The van der Waals surface area contributed by atoms with Gasteiger partial charge in [0.25, 0.3) is 11.4 Å². The van der Waals surface area contributed by atoms with E-state index in [9.17, 15) is 29.8 Å². The Balaban J connectivity index is 3.16. The first-order valence-corrected chi connectivity index (χ1v) is 5.37. The molecule has 0 aliphatic carbocycles. The normalized spacial score (nSPS) is 11.5. The lowest BCUT2D eigenvalue weighted by molar-refractivity contribution is -0.394. The molecule has 0 saturated carbocycles. The van der Waals surface area contributed by atoms with E-state index in [1.807, 2.05) is 0 Å². The Bertz CT molecular complexity index is 564. The van der Waals surface area contributed by atoms with Crippen LogP contribution < -0.4 is 0 Å². The van der Waals surface area contributed by atoms with Gasteiger partial charge in [0.05, 0.1) is 21.5 Å². The molecule has 9 nitrogen and oxygen atoms in total. The second kappa shape index (κ2) is 5.87. The molecule has 0 N–H and O–H groups in total. The molecule has 0 heterocycles. The van der Waals surface area contributed by atoms with Crippen LogP contribution in [-0.2, 0) is 9.53 Å². The Labute approximate surface area is 112 Å². The second-order valence-electron chi connectivity index (χ2n) is 3.91. The summed E-state index contributed by atoms with van der Waals surface area (Å²) in [4.78, 5) is 42.2. The van der Waals surface area contributed by atoms with Gasteiger partial charge in [0.15, 0.2) is 11.9 Å². The minimum Gasteiger partial charge on any atom is -0.451 e. The quantitative estimate of drug-likeness (QED) is 0.455. The summed E-state index contributed by atoms with van der Waals surface area (Å²) >= 11 is 0. The van der Waals surface area contributed by atoms with Gasteiger partial charge in [-0.3, -0.25) is 25.0 Å². The van der Waals surface area contributed by atoms with E-state index >= 15 is 0 Å². The number of carbonyl (C=O) groups excluding carboxylic acids is 2. The monoisotopic (exact) mass is 282 g/mol. The van der Waals surface area contributed by atoms with Gasteiger partial charge in [-0.25, -0.2) is 4.79 Å². The van der Waals surface area contributed by atoms with Crippen LogP contribution in [0.15, 0.2) is 18.2 Å². The molecule has 106 valence electrons. The van der Waals surface area contributed by atoms with Crippen LogP contribution in [-0.4, -0.2) is 27.7 Å². The Morgan fingerprint density at radius 3 is 1.90 bits per heavy atom. The summed E-state index contributed by atoms with van der Waals surface area (Å²) in [6.45, 7) is 2.53. The van der Waals surface area contributed by atoms with E-state index in [1.54, 1.807) is 0 Å². The zero-order chi connectivity index (χ0) is 15.4. The predicted octanol–water partition coefficient (Wildman–Crippen LogP) is 1.64. The van der Waals surface area contributed by atoms with Crippen molar-refractivity contribution in [1.29, 1.82) is 0 Å². The molecule has 1 aromatic rings. The number of nitrogens with zero attached hydrogens (tertiary/aromatic N) is 2. The van der Waals surface area contributed by atoms with Gasteiger partial charge in [-0.15, -0.1) is 0 Å². The number of hydrogen-bond donors (Lipinski definition) is 0. The highest BCUT2D eigenvalue weighted by molar-refractivity contribution is 5.93. The number of hydrogen-bond acceptors (Lipinski definition) is 7. The molecule has 0 aromatic heterocycles. The van der Waals surface area contributed by atoms with Crippen molar-refractivity contribution in [3.05, 3.63) is 44.0 Å². The van der Waals surface area contributed by atoms with Gasteiger partial charge in [-0.2, -0.15) is 0 Å². The van der Waals surface area contributed by atoms with Crippen molar-refractivity contribution in [2.75, 3.05) is 0 Å². The lowest BCUT2D eigenvalue weighted by Crippen LogP contribution is -2.22. The van der Waals surface area contributed by atoms with E-state index in [0.29, 0.717) is 0 Å². The van der Waals surface area contributed by atoms with E-state index in [2.05, 4.69) is 0 Å². The van der Waals surface area contributed by atoms with Gasteiger partial charge in [-0.1, -0.05) is 0 Å². The van der Waals surface area contributed by atoms with Gasteiger partial charge < -0.3 is 4.74 Å². The number of Topliss-reactive ketones (excluding diaryl/α,β-unsaturated/α-hetero) is 1. The lowest BCUT2D eigenvalue weighted by Gasteiger charge is -2.09. The zero-order valence-electron chi connectivity index (χ0n) is 10.6. The van der Waals surface area contributed by atoms with Crippen LogP contribution in [0.1, 0.15) is 24.2 Å². The van der Waals surface area contributed by atoms with Crippen LogP contribution >= 0.6 is 0 Å². The first kappa shape index (κ1) is 15.2. The topological polar surface area (TPSA) is 130 Å². The molecule has 0 bridgehead atoms. The molecule has 9 heteroatoms. The molecule has 0 aliphatic rings. The number of esters is 1. The van der Waals surface area contributed by atoms with E-state index in [0.717, 1.165) is 18.2 Å². The van der Waals surface area contributed by atoms with Gasteiger partial charge in [0, 0.05) is 12.1 Å². The highest BCUT2D eigenvalue weighted by Gasteiger charge is 2.22. The first-order valence-electron chi connectivity index (χ1n) is 5.37. The Morgan fingerprint density at radius 1 is 1.10 bits per heavy atom. The Morgan fingerprint density at radius 2 is 1.55 bits per heavy atom. The van der Waals surface area contributed by atoms with E-state index < -0.39 is 39.1 Å². The molecular formula is C11H10N2O7. The molecule has 0 saturated heterocycles. The molecule has 0 radical (unpaired) electrons. The smallest absolute Gasteiger partial charge is 0.339 e.